The van der Waals surface area contributed by atoms with Gasteiger partial charge in [0.25, 0.3) is 0 Å². The van der Waals surface area contributed by atoms with Crippen LogP contribution in [-0.4, -0.2) is 9.97 Å². The summed E-state index contributed by atoms with van der Waals surface area (Å²) in [6, 6.07) is 79.3. The van der Waals surface area contributed by atoms with Crippen LogP contribution in [-0.2, 0) is 5.41 Å². The van der Waals surface area contributed by atoms with Crippen LogP contribution < -0.4 is 0 Å². The van der Waals surface area contributed by atoms with E-state index < -0.39 is 5.41 Å². The topological polar surface area (TPSA) is 25.8 Å². The van der Waals surface area contributed by atoms with Crippen LogP contribution in [0.2, 0.25) is 0 Å². The van der Waals surface area contributed by atoms with Crippen LogP contribution in [0.3, 0.4) is 0 Å². The lowest BCUT2D eigenvalue weighted by Crippen LogP contribution is -2.28. The zero-order chi connectivity index (χ0) is 39.6. The molecule has 12 rings (SSSR count). The molecule has 2 aromatic heterocycles. The summed E-state index contributed by atoms with van der Waals surface area (Å²) in [5, 5.41) is 4.91. The Morgan fingerprint density at radius 2 is 0.900 bits per heavy atom. The van der Waals surface area contributed by atoms with Crippen molar-refractivity contribution in [1.29, 1.82) is 0 Å². The van der Waals surface area contributed by atoms with Crippen LogP contribution in [0.15, 0.2) is 218 Å². The molecule has 0 saturated heterocycles. The average Bonchev–Trinajstić information content (AvgIpc) is 3.85. The normalized spacial score (nSPS) is 12.8. The molecule has 0 aliphatic heterocycles. The van der Waals surface area contributed by atoms with E-state index in [9.17, 15) is 0 Å². The molecule has 0 amide bonds. The van der Waals surface area contributed by atoms with Gasteiger partial charge in [-0.3, -0.25) is 0 Å². The molecule has 1 aliphatic rings. The van der Waals surface area contributed by atoms with E-state index in [-0.39, 0.29) is 0 Å². The quantitative estimate of drug-likeness (QED) is 0.168. The van der Waals surface area contributed by atoms with Crippen molar-refractivity contribution in [3.63, 3.8) is 0 Å². The van der Waals surface area contributed by atoms with Crippen molar-refractivity contribution in [1.82, 2.24) is 9.97 Å². The van der Waals surface area contributed by atoms with Crippen molar-refractivity contribution in [2.75, 3.05) is 0 Å². The van der Waals surface area contributed by atoms with E-state index >= 15 is 0 Å². The van der Waals surface area contributed by atoms with E-state index in [1.165, 1.54) is 70.1 Å². The third-order valence-electron chi connectivity index (χ3n) is 12.4. The Balaban J connectivity index is 1.07. The van der Waals surface area contributed by atoms with E-state index in [4.69, 9.17) is 9.97 Å². The molecule has 0 unspecified atom stereocenters. The van der Waals surface area contributed by atoms with Crippen LogP contribution in [0, 0.1) is 0 Å². The number of hydrogen-bond donors (Lipinski definition) is 0. The lowest BCUT2D eigenvalue weighted by molar-refractivity contribution is 0.768. The van der Waals surface area contributed by atoms with Gasteiger partial charge in [0, 0.05) is 36.9 Å². The van der Waals surface area contributed by atoms with Crippen LogP contribution in [0.1, 0.15) is 22.3 Å². The molecule has 9 aromatic carbocycles. The summed E-state index contributed by atoms with van der Waals surface area (Å²) in [6.07, 6.45) is 0. The zero-order valence-corrected chi connectivity index (χ0v) is 33.4. The van der Waals surface area contributed by atoms with E-state index in [0.29, 0.717) is 5.82 Å². The van der Waals surface area contributed by atoms with Crippen molar-refractivity contribution < 1.29 is 0 Å². The molecule has 2 nitrogen and oxygen atoms in total. The smallest absolute Gasteiger partial charge is 0.160 e. The molecule has 0 N–H and O–H groups in total. The summed E-state index contributed by atoms with van der Waals surface area (Å²) in [4.78, 5) is 10.5. The van der Waals surface area contributed by atoms with Gasteiger partial charge >= 0.3 is 0 Å². The standard InChI is InChI=1S/C57H36N2S/c1-4-17-37(18-5-1)56-58-51(38-31-32-46-45-25-13-15-30-53(45)60-54(46)35-38)36-52(59-56)44-34-33-43(41-23-10-11-24-42(41)44)47-27-16-29-50-55(47)48-26-12-14-28-49(48)57(50,39-19-6-2-7-20-39)40-21-8-3-9-22-40/h1-36H. The van der Waals surface area contributed by atoms with Crippen LogP contribution in [0.5, 0.6) is 0 Å². The van der Waals surface area contributed by atoms with Gasteiger partial charge in [-0.1, -0.05) is 200 Å². The predicted octanol–water partition coefficient (Wildman–Crippen LogP) is 15.0. The van der Waals surface area contributed by atoms with Gasteiger partial charge in [-0.2, -0.15) is 0 Å². The number of rotatable bonds is 6. The Hall–Kier alpha value is -7.46. The average molecular weight is 781 g/mol. The fourth-order valence-electron chi connectivity index (χ4n) is 9.81. The van der Waals surface area contributed by atoms with Gasteiger partial charge in [0.2, 0.25) is 0 Å². The first kappa shape index (κ1) is 34.6. The van der Waals surface area contributed by atoms with E-state index in [2.05, 4.69) is 212 Å². The second-order valence-corrected chi connectivity index (χ2v) is 16.7. The predicted molar refractivity (Wildman–Crippen MR) is 251 cm³/mol. The van der Waals surface area contributed by atoms with E-state index in [1.54, 1.807) is 0 Å². The van der Waals surface area contributed by atoms with Crippen LogP contribution in [0.25, 0.3) is 87.1 Å². The molecule has 1 aliphatic carbocycles. The van der Waals surface area contributed by atoms with Gasteiger partial charge < -0.3 is 0 Å². The molecule has 0 atom stereocenters. The molecular weight excluding hydrogens is 745 g/mol. The maximum atomic E-state index is 5.31. The SMILES string of the molecule is c1ccc(-c2nc(-c3ccc4c(c3)sc3ccccc34)cc(-c3ccc(-c4cccc5c4-c4ccccc4C5(c4ccccc4)c4ccccc4)c4ccccc34)n2)cc1. The first-order valence-electron chi connectivity index (χ1n) is 20.5. The number of benzene rings is 9. The second-order valence-electron chi connectivity index (χ2n) is 15.6. The fourth-order valence-corrected chi connectivity index (χ4v) is 11.0. The molecule has 280 valence electrons. The summed E-state index contributed by atoms with van der Waals surface area (Å²) >= 11 is 1.83. The summed E-state index contributed by atoms with van der Waals surface area (Å²) in [7, 11) is 0. The summed E-state index contributed by atoms with van der Waals surface area (Å²) in [6.45, 7) is 0. The Bertz CT molecular complexity index is 3380. The second kappa shape index (κ2) is 13.8. The van der Waals surface area contributed by atoms with Gasteiger partial charge in [-0.15, -0.1) is 11.3 Å². The molecule has 0 radical (unpaired) electrons. The molecular formula is C57H36N2S. The van der Waals surface area contributed by atoms with Crippen molar-refractivity contribution in [2.24, 2.45) is 0 Å². The maximum absolute atomic E-state index is 5.31. The minimum absolute atomic E-state index is 0.468. The number of aromatic nitrogens is 2. The zero-order valence-electron chi connectivity index (χ0n) is 32.6. The molecule has 0 fully saturated rings. The molecule has 2 heterocycles. The van der Waals surface area contributed by atoms with Crippen molar-refractivity contribution in [2.45, 2.75) is 5.41 Å². The van der Waals surface area contributed by atoms with Crippen LogP contribution in [0.4, 0.5) is 0 Å². The minimum atomic E-state index is -0.468. The number of thiophene rings is 1. The maximum Gasteiger partial charge on any atom is 0.160 e. The third-order valence-corrected chi connectivity index (χ3v) is 13.5. The number of nitrogens with zero attached hydrogens (tertiary/aromatic N) is 2. The van der Waals surface area contributed by atoms with Crippen molar-refractivity contribution in [3.05, 3.63) is 241 Å². The van der Waals surface area contributed by atoms with Gasteiger partial charge in [0.05, 0.1) is 16.8 Å². The Kier molecular flexibility index (Phi) is 7.97. The Labute approximate surface area is 352 Å². The highest BCUT2D eigenvalue weighted by Gasteiger charge is 2.46. The highest BCUT2D eigenvalue weighted by atomic mass is 32.1. The van der Waals surface area contributed by atoms with E-state index in [1.807, 2.05) is 17.4 Å². The Morgan fingerprint density at radius 3 is 1.67 bits per heavy atom. The van der Waals surface area contributed by atoms with Gasteiger partial charge in [0.15, 0.2) is 5.82 Å². The molecule has 0 bridgehead atoms. The third kappa shape index (κ3) is 5.26. The largest absolute Gasteiger partial charge is 0.228 e. The number of hydrogen-bond acceptors (Lipinski definition) is 3. The number of fused-ring (bicyclic) bond motifs is 7. The van der Waals surface area contributed by atoms with Crippen molar-refractivity contribution >= 4 is 42.3 Å². The highest BCUT2D eigenvalue weighted by Crippen LogP contribution is 2.58. The van der Waals surface area contributed by atoms with E-state index in [0.717, 1.165) is 33.5 Å². The highest BCUT2D eigenvalue weighted by molar-refractivity contribution is 7.25. The van der Waals surface area contributed by atoms with Gasteiger partial charge in [-0.05, 0) is 73.5 Å². The molecule has 3 heteroatoms. The monoisotopic (exact) mass is 780 g/mol. The summed E-state index contributed by atoms with van der Waals surface area (Å²) in [5.74, 6) is 0.711. The summed E-state index contributed by atoms with van der Waals surface area (Å²) < 4.78 is 2.55. The molecule has 0 spiro atoms. The summed E-state index contributed by atoms with van der Waals surface area (Å²) in [5.41, 5.74) is 14.6. The minimum Gasteiger partial charge on any atom is -0.228 e. The fraction of sp³-hybridized carbons (Fsp3) is 0.0175. The van der Waals surface area contributed by atoms with Crippen LogP contribution >= 0.6 is 11.3 Å². The van der Waals surface area contributed by atoms with Gasteiger partial charge in [-0.25, -0.2) is 9.97 Å². The molecule has 60 heavy (non-hydrogen) atoms. The lowest BCUT2D eigenvalue weighted by Gasteiger charge is -2.34. The molecule has 11 aromatic rings. The first-order valence-corrected chi connectivity index (χ1v) is 21.3. The molecule has 0 saturated carbocycles. The first-order chi connectivity index (χ1) is 29.8. The Morgan fingerprint density at radius 1 is 0.333 bits per heavy atom. The van der Waals surface area contributed by atoms with Gasteiger partial charge in [0.1, 0.15) is 0 Å². The lowest BCUT2D eigenvalue weighted by atomic mass is 9.67. The van der Waals surface area contributed by atoms with Crippen molar-refractivity contribution in [3.8, 4) is 56.2 Å².